The Balaban J connectivity index is 1.55. The number of hydrogen-bond acceptors (Lipinski definition) is 5. The third kappa shape index (κ3) is 4.70. The molecule has 0 unspecified atom stereocenters. The van der Waals surface area contributed by atoms with Gasteiger partial charge in [-0.2, -0.15) is 0 Å². The summed E-state index contributed by atoms with van der Waals surface area (Å²) in [4.78, 5) is 48.2. The highest BCUT2D eigenvalue weighted by Gasteiger charge is 2.29. The number of rotatable bonds is 1. The molecule has 2 aliphatic heterocycles. The second-order valence-electron chi connectivity index (χ2n) is 9.72. The van der Waals surface area contributed by atoms with E-state index in [1.165, 1.54) is 0 Å². The molecule has 1 saturated heterocycles. The fourth-order valence-electron chi connectivity index (χ4n) is 5.12. The van der Waals surface area contributed by atoms with E-state index in [4.69, 9.17) is 4.98 Å². The van der Waals surface area contributed by atoms with Gasteiger partial charge in [0.2, 0.25) is 5.95 Å². The number of fused-ring (bicyclic) bond motifs is 5. The molecule has 1 fully saturated rings. The van der Waals surface area contributed by atoms with E-state index >= 15 is 0 Å². The summed E-state index contributed by atoms with van der Waals surface area (Å²) in [5.74, 6) is -0.132. The van der Waals surface area contributed by atoms with E-state index < -0.39 is 0 Å². The lowest BCUT2D eigenvalue weighted by Crippen LogP contribution is -2.52. The first kappa shape index (κ1) is 24.0. The molecule has 5 rings (SSSR count). The lowest BCUT2D eigenvalue weighted by Gasteiger charge is -2.38. The molecule has 2 aromatic carbocycles. The van der Waals surface area contributed by atoms with Gasteiger partial charge in [-0.3, -0.25) is 19.7 Å². The highest BCUT2D eigenvalue weighted by molar-refractivity contribution is 6.08. The minimum absolute atomic E-state index is 0.00922. The van der Waals surface area contributed by atoms with Gasteiger partial charge in [-0.1, -0.05) is 12.1 Å². The van der Waals surface area contributed by atoms with Crippen LogP contribution in [0.4, 0.5) is 5.95 Å². The Morgan fingerprint density at radius 2 is 1.75 bits per heavy atom. The van der Waals surface area contributed by atoms with Crippen molar-refractivity contribution < 1.29 is 14.4 Å². The molecule has 1 atom stereocenters. The number of benzene rings is 2. The topological polar surface area (TPSA) is 99.6 Å². The summed E-state index contributed by atoms with van der Waals surface area (Å²) in [6, 6.07) is 12.4. The number of amides is 3. The summed E-state index contributed by atoms with van der Waals surface area (Å²) in [5.41, 5.74) is 2.85. The molecule has 3 amide bonds. The summed E-state index contributed by atoms with van der Waals surface area (Å²) in [5, 5.41) is 5.87. The fraction of sp³-hybridized carbons (Fsp3) is 0.407. The molecule has 2 N–H and O–H groups in total. The average molecular weight is 489 g/mol. The third-order valence-corrected chi connectivity index (χ3v) is 7.04. The number of carbonyl (C=O) groups is 3. The van der Waals surface area contributed by atoms with Crippen LogP contribution in [0.3, 0.4) is 0 Å². The maximum Gasteiger partial charge on any atom is 0.257 e. The van der Waals surface area contributed by atoms with E-state index in [0.717, 1.165) is 37.9 Å². The monoisotopic (exact) mass is 488 g/mol. The van der Waals surface area contributed by atoms with Gasteiger partial charge < -0.3 is 19.7 Å². The van der Waals surface area contributed by atoms with E-state index in [1.807, 2.05) is 27.7 Å². The first-order valence-electron chi connectivity index (χ1n) is 12.6. The lowest BCUT2D eigenvalue weighted by molar-refractivity contribution is 0.0535. The van der Waals surface area contributed by atoms with E-state index in [0.29, 0.717) is 47.8 Å². The number of anilines is 1. The van der Waals surface area contributed by atoms with Gasteiger partial charge in [0.05, 0.1) is 16.6 Å². The molecular formula is C27H32N6O3. The number of nitrogens with zero attached hydrogens (tertiary/aromatic N) is 4. The first-order valence-corrected chi connectivity index (χ1v) is 12.6. The summed E-state index contributed by atoms with van der Waals surface area (Å²) >= 11 is 0. The lowest BCUT2D eigenvalue weighted by atomic mass is 10.1. The van der Waals surface area contributed by atoms with Gasteiger partial charge in [0.1, 0.15) is 0 Å². The number of likely N-dealkylation sites (N-methyl/N-ethyl adjacent to an activating group) is 1. The molecular weight excluding hydrogens is 456 g/mol. The third-order valence-electron chi connectivity index (χ3n) is 7.04. The predicted octanol–water partition coefficient (Wildman–Crippen LogP) is 2.98. The van der Waals surface area contributed by atoms with Crippen LogP contribution in [0.5, 0.6) is 0 Å². The van der Waals surface area contributed by atoms with Crippen molar-refractivity contribution in [3.8, 4) is 0 Å². The van der Waals surface area contributed by atoms with Gasteiger partial charge in [0, 0.05) is 49.9 Å². The highest BCUT2D eigenvalue weighted by atomic mass is 16.2. The standard InChI is InChI=1S/C27H32N6O3/c1-18-17-31(2)14-15-32(18)26(36)21-10-7-11-22-23(21)33-13-5-3-4-12-28-24(34)19-8-6-9-20(16-19)25(35)30-27(33)29-22/h6-11,16,18H,3-5,12-15,17H2,1-2H3,(H,28,34)(H,29,30,35)/t18-/m1/s1. The maximum atomic E-state index is 13.7. The maximum absolute atomic E-state index is 13.7. The SMILES string of the molecule is C[C@@H]1CN(C)CCN1C(=O)c1cccc2nc3n(c12)CCCCCNC(=O)c1cccc(c1)C(=O)N3. The van der Waals surface area contributed by atoms with Gasteiger partial charge in [-0.05, 0) is 63.6 Å². The smallest absolute Gasteiger partial charge is 0.257 e. The van der Waals surface area contributed by atoms with Crippen LogP contribution in [0.1, 0.15) is 57.3 Å². The minimum atomic E-state index is -0.348. The molecule has 0 radical (unpaired) electrons. The van der Waals surface area contributed by atoms with Crippen molar-refractivity contribution in [3.63, 3.8) is 0 Å². The minimum Gasteiger partial charge on any atom is -0.352 e. The van der Waals surface area contributed by atoms with Crippen molar-refractivity contribution in [3.05, 3.63) is 59.2 Å². The molecule has 3 heterocycles. The van der Waals surface area contributed by atoms with Gasteiger partial charge in [0.15, 0.2) is 0 Å². The Kier molecular flexibility index (Phi) is 6.73. The van der Waals surface area contributed by atoms with E-state index in [2.05, 4.69) is 29.5 Å². The summed E-state index contributed by atoms with van der Waals surface area (Å²) in [6.07, 6.45) is 2.55. The number of para-hydroxylation sites is 1. The van der Waals surface area contributed by atoms with Crippen molar-refractivity contribution >= 4 is 34.7 Å². The van der Waals surface area contributed by atoms with Crippen LogP contribution in [0.25, 0.3) is 11.0 Å². The summed E-state index contributed by atoms with van der Waals surface area (Å²) in [7, 11) is 2.07. The Hall–Kier alpha value is -3.72. The van der Waals surface area contributed by atoms with Gasteiger partial charge in [-0.15, -0.1) is 0 Å². The van der Waals surface area contributed by atoms with E-state index in [9.17, 15) is 14.4 Å². The van der Waals surface area contributed by atoms with E-state index in [1.54, 1.807) is 24.3 Å². The molecule has 2 aliphatic rings. The number of nitrogens with one attached hydrogen (secondary N) is 2. The normalized spacial score (nSPS) is 19.8. The van der Waals surface area contributed by atoms with E-state index in [-0.39, 0.29) is 23.8 Å². The number of imidazole rings is 1. The van der Waals surface area contributed by atoms with Gasteiger partial charge in [0.25, 0.3) is 17.7 Å². The number of aryl methyl sites for hydroxylation is 1. The van der Waals surface area contributed by atoms with Crippen molar-refractivity contribution in [2.45, 2.75) is 38.8 Å². The van der Waals surface area contributed by atoms with Crippen molar-refractivity contribution in [1.82, 2.24) is 24.7 Å². The summed E-state index contributed by atoms with van der Waals surface area (Å²) in [6.45, 7) is 5.58. The highest BCUT2D eigenvalue weighted by Crippen LogP contribution is 2.27. The Morgan fingerprint density at radius 1 is 0.972 bits per heavy atom. The quantitative estimate of drug-likeness (QED) is 0.549. The zero-order valence-electron chi connectivity index (χ0n) is 20.8. The molecule has 3 aromatic rings. The molecule has 9 nitrogen and oxygen atoms in total. The predicted molar refractivity (Wildman–Crippen MR) is 138 cm³/mol. The van der Waals surface area contributed by atoms with Crippen molar-refractivity contribution in [2.24, 2.45) is 0 Å². The Labute approximate surface area is 210 Å². The van der Waals surface area contributed by atoms with Crippen LogP contribution in [-0.4, -0.2) is 76.3 Å². The molecule has 188 valence electrons. The molecule has 9 heteroatoms. The van der Waals surface area contributed by atoms with Crippen LogP contribution >= 0.6 is 0 Å². The second kappa shape index (κ2) is 10.1. The molecule has 0 aliphatic carbocycles. The Morgan fingerprint density at radius 3 is 2.56 bits per heavy atom. The van der Waals surface area contributed by atoms with Crippen molar-refractivity contribution in [2.75, 3.05) is 38.5 Å². The summed E-state index contributed by atoms with van der Waals surface area (Å²) < 4.78 is 1.97. The molecule has 0 saturated carbocycles. The average Bonchev–Trinajstić information content (AvgIpc) is 3.22. The van der Waals surface area contributed by atoms with Crippen LogP contribution in [0.15, 0.2) is 42.5 Å². The first-order chi connectivity index (χ1) is 17.4. The Bertz CT molecular complexity index is 1320. The van der Waals surface area contributed by atoms with Gasteiger partial charge in [-0.25, -0.2) is 4.98 Å². The second-order valence-corrected chi connectivity index (χ2v) is 9.72. The number of piperazine rings is 1. The van der Waals surface area contributed by atoms with Crippen LogP contribution in [0.2, 0.25) is 0 Å². The molecule has 36 heavy (non-hydrogen) atoms. The van der Waals surface area contributed by atoms with Crippen LogP contribution in [0, 0.1) is 0 Å². The molecule has 2 bridgehead atoms. The van der Waals surface area contributed by atoms with Crippen LogP contribution in [-0.2, 0) is 6.54 Å². The molecule has 1 aromatic heterocycles. The van der Waals surface area contributed by atoms with Gasteiger partial charge >= 0.3 is 0 Å². The fourth-order valence-corrected chi connectivity index (χ4v) is 5.12. The number of hydrogen-bond donors (Lipinski definition) is 2. The number of carbonyl (C=O) groups excluding carboxylic acids is 3. The largest absolute Gasteiger partial charge is 0.352 e. The zero-order valence-corrected chi connectivity index (χ0v) is 20.8. The molecule has 0 spiro atoms. The van der Waals surface area contributed by atoms with Crippen LogP contribution < -0.4 is 10.6 Å². The zero-order chi connectivity index (χ0) is 25.2. The number of aromatic nitrogens is 2. The van der Waals surface area contributed by atoms with Crippen molar-refractivity contribution in [1.29, 1.82) is 0 Å².